The summed E-state index contributed by atoms with van der Waals surface area (Å²) in [4.78, 5) is 2.56. The van der Waals surface area contributed by atoms with Crippen LogP contribution in [0, 0.1) is 5.41 Å². The van der Waals surface area contributed by atoms with E-state index in [-0.39, 0.29) is 0 Å². The van der Waals surface area contributed by atoms with Crippen LogP contribution in [0.5, 0.6) is 0 Å². The molecule has 0 atom stereocenters. The zero-order valence-corrected chi connectivity index (χ0v) is 13.7. The zero-order valence-electron chi connectivity index (χ0n) is 12.1. The number of aliphatic hydroxyl groups is 1. The van der Waals surface area contributed by atoms with E-state index in [0.29, 0.717) is 18.1 Å². The molecule has 1 fully saturated rings. The van der Waals surface area contributed by atoms with Crippen molar-refractivity contribution in [1.82, 2.24) is 4.90 Å². The van der Waals surface area contributed by atoms with E-state index >= 15 is 0 Å². The molecule has 0 bridgehead atoms. The number of aliphatic hydroxyl groups excluding tert-OH is 1. The van der Waals surface area contributed by atoms with Gasteiger partial charge in [-0.05, 0) is 31.1 Å². The third-order valence-electron chi connectivity index (χ3n) is 4.80. The second kappa shape index (κ2) is 8.55. The van der Waals surface area contributed by atoms with E-state index in [0.717, 1.165) is 18.4 Å². The Morgan fingerprint density at radius 1 is 1.17 bits per heavy atom. The minimum atomic E-state index is 0.294. The van der Waals surface area contributed by atoms with E-state index in [4.69, 9.17) is 0 Å². The maximum Gasteiger partial charge on any atom is 0.0558 e. The fourth-order valence-corrected chi connectivity index (χ4v) is 4.07. The Morgan fingerprint density at radius 2 is 1.78 bits per heavy atom. The van der Waals surface area contributed by atoms with Crippen LogP contribution in [0.25, 0.3) is 0 Å². The minimum absolute atomic E-state index is 0.294. The van der Waals surface area contributed by atoms with Crippen LogP contribution >= 0.6 is 15.9 Å². The van der Waals surface area contributed by atoms with Gasteiger partial charge in [0.25, 0.3) is 0 Å². The first-order valence-electron chi connectivity index (χ1n) is 7.62. The van der Waals surface area contributed by atoms with Gasteiger partial charge in [-0.15, -0.1) is 0 Å². The van der Waals surface area contributed by atoms with Crippen LogP contribution in [-0.4, -0.2) is 41.1 Å². The molecule has 0 saturated heterocycles. The molecule has 1 N–H and O–H groups in total. The molecule has 1 aliphatic carbocycles. The van der Waals surface area contributed by atoms with Gasteiger partial charge in [-0.3, -0.25) is 4.90 Å². The van der Waals surface area contributed by atoms with Crippen LogP contribution in [0.3, 0.4) is 0 Å². The zero-order chi connectivity index (χ0) is 13.4. The standard InChI is InChI=1S/C15H30BrNO/c1-3-15(4-2,12-16)13-17(10-11-18)14-8-6-5-7-9-14/h14,18H,3-13H2,1-2H3. The summed E-state index contributed by atoms with van der Waals surface area (Å²) in [7, 11) is 0. The van der Waals surface area contributed by atoms with Gasteiger partial charge in [0, 0.05) is 24.5 Å². The molecular formula is C15H30BrNO. The molecule has 2 nitrogen and oxygen atoms in total. The Bertz CT molecular complexity index is 204. The fraction of sp³-hybridized carbons (Fsp3) is 1.00. The molecule has 0 aromatic rings. The summed E-state index contributed by atoms with van der Waals surface area (Å²) in [6, 6.07) is 0.711. The molecule has 0 heterocycles. The lowest BCUT2D eigenvalue weighted by Crippen LogP contribution is -2.46. The first-order chi connectivity index (χ1) is 8.71. The predicted molar refractivity (Wildman–Crippen MR) is 82.3 cm³/mol. The molecule has 0 unspecified atom stereocenters. The quantitative estimate of drug-likeness (QED) is 0.687. The number of rotatable bonds is 8. The van der Waals surface area contributed by atoms with Crippen molar-refractivity contribution in [3.63, 3.8) is 0 Å². The third-order valence-corrected chi connectivity index (χ3v) is 5.99. The van der Waals surface area contributed by atoms with Crippen molar-refractivity contribution in [2.45, 2.75) is 64.8 Å². The summed E-state index contributed by atoms with van der Waals surface area (Å²) >= 11 is 3.71. The Hall–Kier alpha value is 0.400. The van der Waals surface area contributed by atoms with Crippen molar-refractivity contribution in [2.24, 2.45) is 5.41 Å². The molecule has 0 aromatic carbocycles. The average molecular weight is 320 g/mol. The average Bonchev–Trinajstić information content (AvgIpc) is 2.45. The molecule has 3 heteroatoms. The van der Waals surface area contributed by atoms with Gasteiger partial charge in [-0.2, -0.15) is 0 Å². The Kier molecular flexibility index (Phi) is 7.81. The summed E-state index contributed by atoms with van der Waals surface area (Å²) in [5, 5.41) is 10.4. The van der Waals surface area contributed by atoms with E-state index in [1.54, 1.807) is 0 Å². The molecule has 108 valence electrons. The summed E-state index contributed by atoms with van der Waals surface area (Å²) in [6.45, 7) is 6.86. The second-order valence-corrected chi connectivity index (χ2v) is 6.39. The van der Waals surface area contributed by atoms with E-state index < -0.39 is 0 Å². The van der Waals surface area contributed by atoms with Gasteiger partial charge in [0.1, 0.15) is 0 Å². The largest absolute Gasteiger partial charge is 0.395 e. The monoisotopic (exact) mass is 319 g/mol. The van der Waals surface area contributed by atoms with Gasteiger partial charge in [-0.1, -0.05) is 49.0 Å². The topological polar surface area (TPSA) is 23.5 Å². The van der Waals surface area contributed by atoms with Crippen molar-refractivity contribution < 1.29 is 5.11 Å². The second-order valence-electron chi connectivity index (χ2n) is 5.83. The van der Waals surface area contributed by atoms with Crippen LogP contribution in [-0.2, 0) is 0 Å². The molecule has 0 aliphatic heterocycles. The molecule has 18 heavy (non-hydrogen) atoms. The summed E-state index contributed by atoms with van der Waals surface area (Å²) in [5.41, 5.74) is 0.382. The minimum Gasteiger partial charge on any atom is -0.395 e. The van der Waals surface area contributed by atoms with Gasteiger partial charge in [0.15, 0.2) is 0 Å². The third kappa shape index (κ3) is 4.50. The van der Waals surface area contributed by atoms with Gasteiger partial charge in [-0.25, -0.2) is 0 Å². The molecule has 1 saturated carbocycles. The van der Waals surface area contributed by atoms with Crippen molar-refractivity contribution in [1.29, 1.82) is 0 Å². The predicted octanol–water partition coefficient (Wildman–Crippen LogP) is 3.81. The maximum absolute atomic E-state index is 9.33. The Morgan fingerprint density at radius 3 is 2.22 bits per heavy atom. The lowest BCUT2D eigenvalue weighted by atomic mass is 9.82. The van der Waals surface area contributed by atoms with E-state index in [9.17, 15) is 5.11 Å². The number of alkyl halides is 1. The Balaban J connectivity index is 2.64. The van der Waals surface area contributed by atoms with E-state index in [1.807, 2.05) is 0 Å². The van der Waals surface area contributed by atoms with Crippen molar-refractivity contribution >= 4 is 15.9 Å². The number of hydrogen-bond acceptors (Lipinski definition) is 2. The van der Waals surface area contributed by atoms with Gasteiger partial charge < -0.3 is 5.11 Å². The molecule has 1 rings (SSSR count). The summed E-state index contributed by atoms with van der Waals surface area (Å²) in [5.74, 6) is 0. The first kappa shape index (κ1) is 16.5. The number of hydrogen-bond donors (Lipinski definition) is 1. The molecule has 0 amide bonds. The smallest absolute Gasteiger partial charge is 0.0558 e. The van der Waals surface area contributed by atoms with E-state index in [1.165, 1.54) is 44.9 Å². The SMILES string of the molecule is CCC(CC)(CBr)CN(CCO)C1CCCCC1. The first-order valence-corrected chi connectivity index (χ1v) is 8.74. The van der Waals surface area contributed by atoms with Gasteiger partial charge in [0.2, 0.25) is 0 Å². The van der Waals surface area contributed by atoms with Crippen LogP contribution in [0.1, 0.15) is 58.8 Å². The van der Waals surface area contributed by atoms with Crippen molar-refractivity contribution in [2.75, 3.05) is 25.0 Å². The van der Waals surface area contributed by atoms with E-state index in [2.05, 4.69) is 34.7 Å². The Labute approximate surface area is 121 Å². The molecule has 0 radical (unpaired) electrons. The normalized spacial score (nSPS) is 18.5. The van der Waals surface area contributed by atoms with Crippen LogP contribution < -0.4 is 0 Å². The lowest BCUT2D eigenvalue weighted by molar-refractivity contribution is 0.0751. The van der Waals surface area contributed by atoms with Gasteiger partial charge in [0.05, 0.1) is 6.61 Å². The van der Waals surface area contributed by atoms with Gasteiger partial charge >= 0.3 is 0 Å². The highest BCUT2D eigenvalue weighted by molar-refractivity contribution is 9.09. The highest BCUT2D eigenvalue weighted by Gasteiger charge is 2.31. The van der Waals surface area contributed by atoms with Crippen LogP contribution in [0.15, 0.2) is 0 Å². The number of halogens is 1. The molecular weight excluding hydrogens is 290 g/mol. The van der Waals surface area contributed by atoms with Crippen LogP contribution in [0.2, 0.25) is 0 Å². The molecule has 0 aromatic heterocycles. The number of nitrogens with zero attached hydrogens (tertiary/aromatic N) is 1. The van der Waals surface area contributed by atoms with Crippen molar-refractivity contribution in [3.8, 4) is 0 Å². The maximum atomic E-state index is 9.33. The van der Waals surface area contributed by atoms with Crippen LogP contribution in [0.4, 0.5) is 0 Å². The highest BCUT2D eigenvalue weighted by atomic mass is 79.9. The molecule has 1 aliphatic rings. The molecule has 0 spiro atoms. The fourth-order valence-electron chi connectivity index (χ4n) is 3.10. The van der Waals surface area contributed by atoms with Crippen molar-refractivity contribution in [3.05, 3.63) is 0 Å². The summed E-state index contributed by atoms with van der Waals surface area (Å²) in [6.07, 6.45) is 9.21. The summed E-state index contributed by atoms with van der Waals surface area (Å²) < 4.78 is 0. The lowest BCUT2D eigenvalue weighted by Gasteiger charge is -2.41. The highest BCUT2D eigenvalue weighted by Crippen LogP contribution is 2.32.